The van der Waals surface area contributed by atoms with Crippen LogP contribution in [0, 0.1) is 0 Å². The van der Waals surface area contributed by atoms with Crippen molar-refractivity contribution in [2.45, 2.75) is 36.1 Å². The average Bonchev–Trinajstić information content (AvgIpc) is 3.10. The summed E-state index contributed by atoms with van der Waals surface area (Å²) in [4.78, 5) is 8.40. The molecule has 1 saturated carbocycles. The topological polar surface area (TPSA) is 72.0 Å². The Kier molecular flexibility index (Phi) is 3.57. The quantitative estimate of drug-likeness (QED) is 0.940. The van der Waals surface area contributed by atoms with Gasteiger partial charge in [-0.3, -0.25) is 4.98 Å². The molecule has 0 aliphatic heterocycles. The number of sulfonamides is 1. The highest BCUT2D eigenvalue weighted by Gasteiger charge is 2.41. The van der Waals surface area contributed by atoms with Crippen molar-refractivity contribution in [1.82, 2.24) is 14.7 Å². The number of nitrogens with one attached hydrogen (secondary N) is 1. The maximum Gasteiger partial charge on any atom is 0.242 e. The van der Waals surface area contributed by atoms with Gasteiger partial charge in [-0.05, 0) is 25.0 Å². The van der Waals surface area contributed by atoms with Gasteiger partial charge in [-0.25, -0.2) is 13.4 Å². The van der Waals surface area contributed by atoms with Crippen LogP contribution in [0.1, 0.15) is 30.7 Å². The van der Waals surface area contributed by atoms with Crippen molar-refractivity contribution in [3.63, 3.8) is 0 Å². The fraction of sp³-hybridized carbons (Fsp3) is 0.385. The van der Waals surface area contributed by atoms with Gasteiger partial charge in [0.05, 0.1) is 5.54 Å². The van der Waals surface area contributed by atoms with Crippen molar-refractivity contribution in [3.8, 4) is 0 Å². The second-order valence-corrected chi connectivity index (χ2v) is 7.50. The van der Waals surface area contributed by atoms with Gasteiger partial charge in [-0.1, -0.05) is 12.8 Å². The van der Waals surface area contributed by atoms with Crippen molar-refractivity contribution in [1.29, 1.82) is 0 Å². The molecule has 0 bridgehead atoms. The highest BCUT2D eigenvalue weighted by atomic mass is 32.2. The summed E-state index contributed by atoms with van der Waals surface area (Å²) in [5, 5.41) is 2.73. The lowest BCUT2D eigenvalue weighted by atomic mass is 10.0. The molecule has 3 rings (SSSR count). The number of hydrogen-bond donors (Lipinski definition) is 1. The summed E-state index contributed by atoms with van der Waals surface area (Å²) in [6, 6.07) is 3.18. The molecule has 0 atom stereocenters. The predicted octanol–water partition coefficient (Wildman–Crippen LogP) is 2.29. The molecule has 0 amide bonds. The van der Waals surface area contributed by atoms with E-state index in [2.05, 4.69) is 14.7 Å². The monoisotopic (exact) mass is 309 g/mol. The van der Waals surface area contributed by atoms with Gasteiger partial charge in [0.1, 0.15) is 9.90 Å². The van der Waals surface area contributed by atoms with Crippen LogP contribution in [0.15, 0.2) is 41.0 Å². The van der Waals surface area contributed by atoms with Crippen LogP contribution in [0.3, 0.4) is 0 Å². The molecule has 5 nitrogen and oxygen atoms in total. The molecule has 2 heterocycles. The molecule has 2 aromatic rings. The van der Waals surface area contributed by atoms with E-state index in [9.17, 15) is 8.42 Å². The first kappa shape index (κ1) is 13.7. The van der Waals surface area contributed by atoms with Crippen LogP contribution in [-0.2, 0) is 15.6 Å². The fourth-order valence-electron chi connectivity index (χ4n) is 2.62. The van der Waals surface area contributed by atoms with Crippen molar-refractivity contribution >= 4 is 21.4 Å². The summed E-state index contributed by atoms with van der Waals surface area (Å²) < 4.78 is 27.9. The summed E-state index contributed by atoms with van der Waals surface area (Å²) in [6.07, 6.45) is 8.25. The first-order valence-electron chi connectivity index (χ1n) is 6.46. The van der Waals surface area contributed by atoms with E-state index in [0.29, 0.717) is 0 Å². The fourth-order valence-corrected chi connectivity index (χ4v) is 4.93. The Balaban J connectivity index is 1.96. The van der Waals surface area contributed by atoms with Gasteiger partial charge in [0.25, 0.3) is 0 Å². The van der Waals surface area contributed by atoms with Crippen LogP contribution in [0.4, 0.5) is 0 Å². The van der Waals surface area contributed by atoms with Gasteiger partial charge in [0, 0.05) is 24.0 Å². The molecule has 20 heavy (non-hydrogen) atoms. The van der Waals surface area contributed by atoms with Crippen molar-refractivity contribution in [3.05, 3.63) is 41.1 Å². The molecule has 1 aliphatic carbocycles. The summed E-state index contributed by atoms with van der Waals surface area (Å²) in [5.74, 6) is 0. The summed E-state index contributed by atoms with van der Waals surface area (Å²) in [6.45, 7) is 0. The second kappa shape index (κ2) is 5.23. The maximum atomic E-state index is 12.5. The molecule has 2 aromatic heterocycles. The number of aromatic nitrogens is 2. The molecule has 1 N–H and O–H groups in total. The standard InChI is InChI=1S/C13H15N3O2S2/c17-20(18,11-4-3-7-14-10-11)16-13(5-1-2-6-13)12-15-8-9-19-12/h3-4,7-10,16H,1-2,5-6H2. The van der Waals surface area contributed by atoms with Gasteiger partial charge in [0.15, 0.2) is 0 Å². The molecule has 0 saturated heterocycles. The minimum absolute atomic E-state index is 0.197. The van der Waals surface area contributed by atoms with Crippen LogP contribution in [0.2, 0.25) is 0 Å². The number of hydrogen-bond acceptors (Lipinski definition) is 5. The average molecular weight is 309 g/mol. The Morgan fingerprint density at radius 2 is 2.05 bits per heavy atom. The minimum Gasteiger partial charge on any atom is -0.263 e. The lowest BCUT2D eigenvalue weighted by molar-refractivity contribution is 0.402. The van der Waals surface area contributed by atoms with Crippen molar-refractivity contribution < 1.29 is 8.42 Å². The highest BCUT2D eigenvalue weighted by Crippen LogP contribution is 2.40. The van der Waals surface area contributed by atoms with Crippen molar-refractivity contribution in [2.75, 3.05) is 0 Å². The van der Waals surface area contributed by atoms with Crippen LogP contribution in [-0.4, -0.2) is 18.4 Å². The molecule has 7 heteroatoms. The molecule has 0 aromatic carbocycles. The lowest BCUT2D eigenvalue weighted by Crippen LogP contribution is -2.43. The zero-order valence-corrected chi connectivity index (χ0v) is 12.5. The molecular weight excluding hydrogens is 294 g/mol. The van der Waals surface area contributed by atoms with E-state index in [1.165, 1.54) is 17.5 Å². The molecule has 1 aliphatic rings. The summed E-state index contributed by atoms with van der Waals surface area (Å²) >= 11 is 1.50. The van der Waals surface area contributed by atoms with E-state index >= 15 is 0 Å². The first-order chi connectivity index (χ1) is 9.62. The summed E-state index contributed by atoms with van der Waals surface area (Å²) in [5.41, 5.74) is -0.553. The lowest BCUT2D eigenvalue weighted by Gasteiger charge is -2.27. The van der Waals surface area contributed by atoms with Crippen LogP contribution >= 0.6 is 11.3 Å². The SMILES string of the molecule is O=S(=O)(NC1(c2nccs2)CCCC1)c1cccnc1. The van der Waals surface area contributed by atoms with E-state index in [-0.39, 0.29) is 4.90 Å². The maximum absolute atomic E-state index is 12.5. The third-order valence-electron chi connectivity index (χ3n) is 3.57. The Hall–Kier alpha value is -1.31. The second-order valence-electron chi connectivity index (χ2n) is 4.92. The zero-order chi connectivity index (χ0) is 14.1. The van der Waals surface area contributed by atoms with E-state index in [0.717, 1.165) is 30.7 Å². The summed E-state index contributed by atoms with van der Waals surface area (Å²) in [7, 11) is -3.57. The number of rotatable bonds is 4. The Bertz CT molecular complexity index is 663. The molecule has 0 spiro atoms. The van der Waals surface area contributed by atoms with Gasteiger partial charge in [0.2, 0.25) is 10.0 Å². The van der Waals surface area contributed by atoms with Gasteiger partial charge >= 0.3 is 0 Å². The van der Waals surface area contributed by atoms with Crippen LogP contribution in [0.25, 0.3) is 0 Å². The third kappa shape index (κ3) is 2.48. The van der Waals surface area contributed by atoms with Gasteiger partial charge < -0.3 is 0 Å². The predicted molar refractivity (Wildman–Crippen MR) is 76.8 cm³/mol. The van der Waals surface area contributed by atoms with Gasteiger partial charge in [-0.15, -0.1) is 11.3 Å². The van der Waals surface area contributed by atoms with Crippen molar-refractivity contribution in [2.24, 2.45) is 0 Å². The molecule has 1 fully saturated rings. The Morgan fingerprint density at radius 3 is 2.65 bits per heavy atom. The van der Waals surface area contributed by atoms with E-state index in [1.807, 2.05) is 5.38 Å². The normalized spacial score (nSPS) is 18.2. The number of pyridine rings is 1. The molecule has 0 unspecified atom stereocenters. The van der Waals surface area contributed by atoms with E-state index in [4.69, 9.17) is 0 Å². The minimum atomic E-state index is -3.57. The Labute approximate surface area is 122 Å². The third-order valence-corrected chi connectivity index (χ3v) is 6.07. The van der Waals surface area contributed by atoms with Crippen LogP contribution < -0.4 is 4.72 Å². The van der Waals surface area contributed by atoms with Gasteiger partial charge in [-0.2, -0.15) is 4.72 Å². The molecule has 0 radical (unpaired) electrons. The zero-order valence-electron chi connectivity index (χ0n) is 10.8. The van der Waals surface area contributed by atoms with Crippen LogP contribution in [0.5, 0.6) is 0 Å². The first-order valence-corrected chi connectivity index (χ1v) is 8.83. The Morgan fingerprint density at radius 1 is 1.25 bits per heavy atom. The highest BCUT2D eigenvalue weighted by molar-refractivity contribution is 7.89. The molecule has 106 valence electrons. The largest absolute Gasteiger partial charge is 0.263 e. The van der Waals surface area contributed by atoms with E-state index in [1.54, 1.807) is 24.5 Å². The van der Waals surface area contributed by atoms with E-state index < -0.39 is 15.6 Å². The molecular formula is C13H15N3O2S2. The number of nitrogens with zero attached hydrogens (tertiary/aromatic N) is 2. The smallest absolute Gasteiger partial charge is 0.242 e. The number of thiazole rings is 1.